The predicted molar refractivity (Wildman–Crippen MR) is 126 cm³/mol. The van der Waals surface area contributed by atoms with Crippen molar-refractivity contribution in [2.24, 2.45) is 0 Å². The number of halogens is 3. The molecule has 0 radical (unpaired) electrons. The number of allylic oxidation sites excluding steroid dienone is 1. The molecule has 0 unspecified atom stereocenters. The molecule has 0 aromatic heterocycles. The Bertz CT molecular complexity index is 1180. The van der Waals surface area contributed by atoms with Crippen LogP contribution in [0.4, 0.5) is 23.7 Å². The van der Waals surface area contributed by atoms with Gasteiger partial charge < -0.3 is 19.4 Å². The summed E-state index contributed by atoms with van der Waals surface area (Å²) in [7, 11) is -4.28. The molecule has 2 aliphatic heterocycles. The van der Waals surface area contributed by atoms with Gasteiger partial charge in [0.05, 0.1) is 18.0 Å². The first-order valence-corrected chi connectivity index (χ1v) is 13.9. The summed E-state index contributed by atoms with van der Waals surface area (Å²) in [5.41, 5.74) is -0.533. The fourth-order valence-electron chi connectivity index (χ4n) is 4.92. The third-order valence-electron chi connectivity index (χ3n) is 6.91. The van der Waals surface area contributed by atoms with E-state index in [4.69, 9.17) is 4.74 Å². The molecule has 36 heavy (non-hydrogen) atoms. The van der Waals surface area contributed by atoms with Crippen LogP contribution in [0.5, 0.6) is 0 Å². The van der Waals surface area contributed by atoms with E-state index in [1.165, 1.54) is 9.80 Å². The molecule has 0 N–H and O–H groups in total. The SMILES string of the molecule is CCOC(=O)N1CCN(C(=O)c2c(F)c(F)c3c(c2F)N(CCC2=CCCCC2)CCS3(=O)=O)CC1. The predicted octanol–water partition coefficient (Wildman–Crippen LogP) is 3.50. The van der Waals surface area contributed by atoms with Crippen molar-refractivity contribution in [3.05, 3.63) is 34.7 Å². The topological polar surface area (TPSA) is 87.2 Å². The minimum atomic E-state index is -4.28. The summed E-state index contributed by atoms with van der Waals surface area (Å²) in [6.45, 7) is 2.06. The number of hydrogen-bond acceptors (Lipinski definition) is 6. The third-order valence-corrected chi connectivity index (χ3v) is 8.62. The summed E-state index contributed by atoms with van der Waals surface area (Å²) >= 11 is 0. The lowest BCUT2D eigenvalue weighted by Crippen LogP contribution is -2.51. The molecule has 1 saturated heterocycles. The van der Waals surface area contributed by atoms with Crippen molar-refractivity contribution >= 4 is 27.5 Å². The molecular weight excluding hydrogens is 499 g/mol. The second kappa shape index (κ2) is 10.7. The van der Waals surface area contributed by atoms with E-state index in [1.54, 1.807) is 6.92 Å². The maximum absolute atomic E-state index is 15.8. The van der Waals surface area contributed by atoms with Gasteiger partial charge in [-0.05, 0) is 39.0 Å². The minimum Gasteiger partial charge on any atom is -0.450 e. The van der Waals surface area contributed by atoms with E-state index in [0.717, 1.165) is 36.2 Å². The van der Waals surface area contributed by atoms with Crippen molar-refractivity contribution in [2.75, 3.05) is 56.5 Å². The average molecular weight is 530 g/mol. The van der Waals surface area contributed by atoms with Gasteiger partial charge in [0.15, 0.2) is 27.3 Å². The van der Waals surface area contributed by atoms with E-state index in [9.17, 15) is 18.0 Å². The van der Waals surface area contributed by atoms with Gasteiger partial charge in [0, 0.05) is 39.3 Å². The van der Waals surface area contributed by atoms with Gasteiger partial charge in [-0.2, -0.15) is 0 Å². The Hall–Kier alpha value is -2.76. The zero-order valence-electron chi connectivity index (χ0n) is 20.2. The normalized spacial score (nSPS) is 19.6. The van der Waals surface area contributed by atoms with Crippen LogP contribution in [0.3, 0.4) is 0 Å². The fraction of sp³-hybridized carbons (Fsp3) is 0.583. The van der Waals surface area contributed by atoms with Crippen LogP contribution in [0.2, 0.25) is 0 Å². The molecular formula is C24H30F3N3O5S. The molecule has 1 aliphatic carbocycles. The Balaban J connectivity index is 1.64. The standard InChI is InChI=1S/C24H30F3N3O5S/c1-2-35-24(32)30-12-10-29(11-13-30)23(31)17-18(25)20(27)22-21(19(17)26)28(14-15-36(22,33)34)9-8-16-6-4-3-5-7-16/h6H,2-5,7-15H2,1H3. The van der Waals surface area contributed by atoms with Gasteiger partial charge in [-0.25, -0.2) is 26.4 Å². The Morgan fingerprint density at radius 3 is 2.31 bits per heavy atom. The first kappa shape index (κ1) is 26.3. The number of carbonyl (C=O) groups excluding carboxylic acids is 2. The van der Waals surface area contributed by atoms with Crippen molar-refractivity contribution in [1.29, 1.82) is 0 Å². The van der Waals surface area contributed by atoms with Crippen LogP contribution in [0.15, 0.2) is 16.5 Å². The molecule has 1 fully saturated rings. The number of ether oxygens (including phenoxy) is 1. The molecule has 4 rings (SSSR count). The highest BCUT2D eigenvalue weighted by Gasteiger charge is 2.41. The van der Waals surface area contributed by atoms with Crippen LogP contribution >= 0.6 is 0 Å². The summed E-state index contributed by atoms with van der Waals surface area (Å²) in [6, 6.07) is 0. The summed E-state index contributed by atoms with van der Waals surface area (Å²) in [5, 5.41) is 0. The second-order valence-electron chi connectivity index (χ2n) is 9.14. The third kappa shape index (κ3) is 5.05. The van der Waals surface area contributed by atoms with Crippen molar-refractivity contribution in [3.63, 3.8) is 0 Å². The molecule has 2 heterocycles. The lowest BCUT2D eigenvalue weighted by Gasteiger charge is -2.35. The van der Waals surface area contributed by atoms with Gasteiger partial charge in [0.2, 0.25) is 0 Å². The van der Waals surface area contributed by atoms with Gasteiger partial charge in [0.1, 0.15) is 10.5 Å². The lowest BCUT2D eigenvalue weighted by atomic mass is 9.97. The van der Waals surface area contributed by atoms with Gasteiger partial charge >= 0.3 is 6.09 Å². The average Bonchev–Trinajstić information content (AvgIpc) is 2.87. The molecule has 0 spiro atoms. The molecule has 2 amide bonds. The van der Waals surface area contributed by atoms with Crippen LogP contribution in [-0.2, 0) is 14.6 Å². The number of amides is 2. The van der Waals surface area contributed by atoms with Crippen LogP contribution in [-0.4, -0.2) is 81.8 Å². The first-order valence-electron chi connectivity index (χ1n) is 12.2. The number of hydrogen-bond donors (Lipinski definition) is 0. The van der Waals surface area contributed by atoms with Crippen LogP contribution in [0.1, 0.15) is 49.4 Å². The van der Waals surface area contributed by atoms with Gasteiger partial charge in [-0.1, -0.05) is 11.6 Å². The van der Waals surface area contributed by atoms with Crippen molar-refractivity contribution in [3.8, 4) is 0 Å². The highest BCUT2D eigenvalue weighted by molar-refractivity contribution is 7.91. The molecule has 12 heteroatoms. The van der Waals surface area contributed by atoms with E-state index >= 15 is 13.2 Å². The van der Waals surface area contributed by atoms with Crippen LogP contribution in [0, 0.1) is 17.5 Å². The summed E-state index contributed by atoms with van der Waals surface area (Å²) < 4.78 is 76.2. The number of rotatable bonds is 5. The maximum Gasteiger partial charge on any atom is 0.409 e. The minimum absolute atomic E-state index is 0.0363. The number of piperazine rings is 1. The summed E-state index contributed by atoms with van der Waals surface area (Å²) in [5.74, 6) is -6.49. The molecule has 8 nitrogen and oxygen atoms in total. The Morgan fingerprint density at radius 2 is 1.67 bits per heavy atom. The molecule has 1 aromatic rings. The van der Waals surface area contributed by atoms with E-state index in [-0.39, 0.29) is 45.9 Å². The number of sulfone groups is 1. The zero-order chi connectivity index (χ0) is 26.0. The van der Waals surface area contributed by atoms with Gasteiger partial charge in [0.25, 0.3) is 5.91 Å². The van der Waals surface area contributed by atoms with Crippen molar-refractivity contribution in [1.82, 2.24) is 9.80 Å². The number of carbonyl (C=O) groups is 2. The zero-order valence-corrected chi connectivity index (χ0v) is 21.0. The highest BCUT2D eigenvalue weighted by atomic mass is 32.2. The molecule has 198 valence electrons. The Morgan fingerprint density at radius 1 is 0.972 bits per heavy atom. The smallest absolute Gasteiger partial charge is 0.409 e. The van der Waals surface area contributed by atoms with Gasteiger partial charge in [-0.15, -0.1) is 0 Å². The number of fused-ring (bicyclic) bond motifs is 1. The van der Waals surface area contributed by atoms with Crippen LogP contribution < -0.4 is 4.90 Å². The molecule has 3 aliphatic rings. The molecule has 0 bridgehead atoms. The van der Waals surface area contributed by atoms with E-state index < -0.39 is 61.2 Å². The summed E-state index contributed by atoms with van der Waals surface area (Å²) in [4.78, 5) is 27.9. The van der Waals surface area contributed by atoms with Gasteiger partial charge in [-0.3, -0.25) is 4.79 Å². The van der Waals surface area contributed by atoms with Crippen molar-refractivity contribution < 1.29 is 35.9 Å². The fourth-order valence-corrected chi connectivity index (χ4v) is 6.47. The number of nitrogens with zero attached hydrogens (tertiary/aromatic N) is 3. The lowest BCUT2D eigenvalue weighted by molar-refractivity contribution is 0.0561. The quantitative estimate of drug-likeness (QED) is 0.429. The Kier molecular flexibility index (Phi) is 7.82. The molecule has 1 aromatic carbocycles. The number of benzene rings is 1. The maximum atomic E-state index is 15.8. The van der Waals surface area contributed by atoms with Crippen molar-refractivity contribution in [2.45, 2.75) is 43.9 Å². The second-order valence-corrected chi connectivity index (χ2v) is 11.2. The van der Waals surface area contributed by atoms with Crippen LogP contribution in [0.25, 0.3) is 0 Å². The van der Waals surface area contributed by atoms with E-state index in [1.807, 2.05) is 0 Å². The van der Waals surface area contributed by atoms with E-state index in [2.05, 4.69) is 6.08 Å². The molecule has 0 saturated carbocycles. The monoisotopic (exact) mass is 529 g/mol. The number of anilines is 1. The highest BCUT2D eigenvalue weighted by Crippen LogP contribution is 2.39. The largest absolute Gasteiger partial charge is 0.450 e. The molecule has 0 atom stereocenters. The first-order chi connectivity index (χ1) is 17.2. The Labute approximate surface area is 208 Å². The summed E-state index contributed by atoms with van der Waals surface area (Å²) in [6.07, 6.45) is 6.04. The van der Waals surface area contributed by atoms with E-state index in [0.29, 0.717) is 6.42 Å².